The van der Waals surface area contributed by atoms with Gasteiger partial charge in [-0.2, -0.15) is 0 Å². The van der Waals surface area contributed by atoms with E-state index in [0.717, 1.165) is 29.0 Å². The van der Waals surface area contributed by atoms with Gasteiger partial charge in [-0.25, -0.2) is 14.8 Å². The van der Waals surface area contributed by atoms with Gasteiger partial charge in [0.05, 0.1) is 0 Å². The van der Waals surface area contributed by atoms with Gasteiger partial charge in [0.1, 0.15) is 11.3 Å². The van der Waals surface area contributed by atoms with Crippen LogP contribution in [0.4, 0.5) is 4.79 Å². The third kappa shape index (κ3) is 4.02. The Morgan fingerprint density at radius 1 is 1.23 bits per heavy atom. The number of aryl methyl sites for hydroxylation is 1. The third-order valence-electron chi connectivity index (χ3n) is 4.42. The van der Waals surface area contributed by atoms with Crippen LogP contribution < -0.4 is 10.6 Å². The number of pyridine rings is 1. The molecule has 3 rings (SSSR count). The fourth-order valence-electron chi connectivity index (χ4n) is 2.75. The normalized spacial score (nSPS) is 12.1. The number of urea groups is 1. The molecule has 136 valence electrons. The lowest BCUT2D eigenvalue weighted by Crippen LogP contribution is -2.41. The van der Waals surface area contributed by atoms with Crippen LogP contribution in [0.25, 0.3) is 22.6 Å². The van der Waals surface area contributed by atoms with Crippen molar-refractivity contribution < 1.29 is 4.79 Å². The zero-order chi connectivity index (χ0) is 18.5. The molecule has 2 heterocycles. The molecule has 0 saturated carbocycles. The molecule has 3 aromatic rings. The average Bonchev–Trinajstić information content (AvgIpc) is 3.01. The van der Waals surface area contributed by atoms with Crippen LogP contribution in [0.5, 0.6) is 0 Å². The van der Waals surface area contributed by atoms with E-state index in [9.17, 15) is 4.79 Å². The van der Waals surface area contributed by atoms with Crippen molar-refractivity contribution in [2.24, 2.45) is 0 Å². The second-order valence-electron chi connectivity index (χ2n) is 6.51. The first-order chi connectivity index (χ1) is 12.6. The quantitative estimate of drug-likeness (QED) is 0.714. The summed E-state index contributed by atoms with van der Waals surface area (Å²) in [6, 6.07) is 12.1. The van der Waals surface area contributed by atoms with E-state index in [0.29, 0.717) is 13.1 Å². The van der Waals surface area contributed by atoms with Crippen molar-refractivity contribution in [3.63, 3.8) is 0 Å². The predicted octanol–water partition coefficient (Wildman–Crippen LogP) is 3.50. The molecule has 6 nitrogen and oxygen atoms in total. The van der Waals surface area contributed by atoms with Gasteiger partial charge < -0.3 is 15.2 Å². The molecule has 1 aromatic carbocycles. The number of fused-ring (bicyclic) bond motifs is 1. The molecule has 0 fully saturated rings. The van der Waals surface area contributed by atoms with Crippen molar-refractivity contribution in [1.82, 2.24) is 25.2 Å². The van der Waals surface area contributed by atoms with E-state index in [4.69, 9.17) is 4.98 Å². The molecular weight excluding hydrogens is 326 g/mol. The molecule has 0 saturated heterocycles. The summed E-state index contributed by atoms with van der Waals surface area (Å²) in [5.41, 5.74) is 3.93. The van der Waals surface area contributed by atoms with Crippen molar-refractivity contribution in [3.05, 3.63) is 48.2 Å². The topological polar surface area (TPSA) is 71.8 Å². The van der Waals surface area contributed by atoms with Gasteiger partial charge in [0, 0.05) is 30.9 Å². The van der Waals surface area contributed by atoms with Crippen LogP contribution in [0, 0.1) is 6.92 Å². The van der Waals surface area contributed by atoms with Crippen LogP contribution in [0.2, 0.25) is 0 Å². The van der Waals surface area contributed by atoms with Gasteiger partial charge in [0.15, 0.2) is 5.65 Å². The molecule has 0 aliphatic carbocycles. The summed E-state index contributed by atoms with van der Waals surface area (Å²) in [4.78, 5) is 21.2. The van der Waals surface area contributed by atoms with Crippen molar-refractivity contribution in [2.45, 2.75) is 39.8 Å². The standard InChI is InChI=1S/C20H25N5O/c1-4-15(3)23-20(26)22-12-13-25-18(16-9-7-14(2)8-10-16)24-17-6-5-11-21-19(17)25/h5-11,15H,4,12-13H2,1-3H3,(H2,22,23,26). The van der Waals surface area contributed by atoms with Gasteiger partial charge >= 0.3 is 6.03 Å². The van der Waals surface area contributed by atoms with Gasteiger partial charge in [-0.05, 0) is 32.4 Å². The zero-order valence-corrected chi connectivity index (χ0v) is 15.5. The predicted molar refractivity (Wildman–Crippen MR) is 104 cm³/mol. The Kier molecular flexibility index (Phi) is 5.51. The van der Waals surface area contributed by atoms with Gasteiger partial charge in [-0.3, -0.25) is 0 Å². The number of hydrogen-bond acceptors (Lipinski definition) is 3. The summed E-state index contributed by atoms with van der Waals surface area (Å²) in [5, 5.41) is 5.82. The number of benzene rings is 1. The molecule has 2 amide bonds. The second-order valence-corrected chi connectivity index (χ2v) is 6.51. The van der Waals surface area contributed by atoms with E-state index in [2.05, 4.69) is 51.4 Å². The molecule has 1 atom stereocenters. The van der Waals surface area contributed by atoms with E-state index in [1.54, 1.807) is 6.20 Å². The Bertz CT molecular complexity index is 885. The Labute approximate surface area is 153 Å². The molecule has 0 aliphatic rings. The summed E-state index contributed by atoms with van der Waals surface area (Å²) in [7, 11) is 0. The van der Waals surface area contributed by atoms with Crippen molar-refractivity contribution in [2.75, 3.05) is 6.54 Å². The van der Waals surface area contributed by atoms with Crippen LogP contribution in [-0.2, 0) is 6.54 Å². The number of carbonyl (C=O) groups excluding carboxylic acids is 1. The largest absolute Gasteiger partial charge is 0.336 e. The molecule has 0 aliphatic heterocycles. The molecule has 6 heteroatoms. The number of aromatic nitrogens is 3. The van der Waals surface area contributed by atoms with Gasteiger partial charge in [-0.15, -0.1) is 0 Å². The fourth-order valence-corrected chi connectivity index (χ4v) is 2.75. The molecule has 1 unspecified atom stereocenters. The SMILES string of the molecule is CCC(C)NC(=O)NCCn1c(-c2ccc(C)cc2)nc2cccnc21. The first-order valence-electron chi connectivity index (χ1n) is 9.01. The summed E-state index contributed by atoms with van der Waals surface area (Å²) in [6.07, 6.45) is 2.67. The first kappa shape index (κ1) is 17.9. The van der Waals surface area contributed by atoms with Crippen molar-refractivity contribution in [3.8, 4) is 11.4 Å². The molecule has 2 aromatic heterocycles. The van der Waals surface area contributed by atoms with Gasteiger partial charge in [0.25, 0.3) is 0 Å². The number of carbonyl (C=O) groups is 1. The van der Waals surface area contributed by atoms with Crippen LogP contribution in [0.15, 0.2) is 42.6 Å². The summed E-state index contributed by atoms with van der Waals surface area (Å²) in [6.45, 7) is 7.20. The van der Waals surface area contributed by atoms with Gasteiger partial charge in [0.2, 0.25) is 0 Å². The lowest BCUT2D eigenvalue weighted by molar-refractivity contribution is 0.237. The number of imidazole rings is 1. The number of nitrogens with one attached hydrogen (secondary N) is 2. The molecule has 0 spiro atoms. The minimum atomic E-state index is -0.145. The smallest absolute Gasteiger partial charge is 0.315 e. The molecule has 26 heavy (non-hydrogen) atoms. The monoisotopic (exact) mass is 351 g/mol. The van der Waals surface area contributed by atoms with Gasteiger partial charge in [-0.1, -0.05) is 36.8 Å². The number of hydrogen-bond donors (Lipinski definition) is 2. The molecule has 0 radical (unpaired) electrons. The summed E-state index contributed by atoms with van der Waals surface area (Å²) < 4.78 is 2.06. The van der Waals surface area contributed by atoms with Crippen molar-refractivity contribution in [1.29, 1.82) is 0 Å². The second kappa shape index (κ2) is 7.99. The first-order valence-corrected chi connectivity index (χ1v) is 9.01. The highest BCUT2D eigenvalue weighted by Gasteiger charge is 2.13. The molecule has 2 N–H and O–H groups in total. The van der Waals surface area contributed by atoms with Crippen LogP contribution in [0.1, 0.15) is 25.8 Å². The highest BCUT2D eigenvalue weighted by atomic mass is 16.2. The van der Waals surface area contributed by atoms with E-state index < -0.39 is 0 Å². The Balaban J connectivity index is 1.81. The maximum atomic E-state index is 11.9. The van der Waals surface area contributed by atoms with E-state index in [1.807, 2.05) is 26.0 Å². The fraction of sp³-hybridized carbons (Fsp3) is 0.350. The highest BCUT2D eigenvalue weighted by Crippen LogP contribution is 2.23. The number of rotatable bonds is 6. The van der Waals surface area contributed by atoms with E-state index >= 15 is 0 Å². The summed E-state index contributed by atoms with van der Waals surface area (Å²) >= 11 is 0. The summed E-state index contributed by atoms with van der Waals surface area (Å²) in [5.74, 6) is 0.864. The Morgan fingerprint density at radius 2 is 2.00 bits per heavy atom. The van der Waals surface area contributed by atoms with Crippen LogP contribution >= 0.6 is 0 Å². The van der Waals surface area contributed by atoms with Crippen LogP contribution in [0.3, 0.4) is 0 Å². The van der Waals surface area contributed by atoms with Crippen LogP contribution in [-0.4, -0.2) is 33.2 Å². The van der Waals surface area contributed by atoms with Crippen molar-refractivity contribution >= 4 is 17.2 Å². The number of amides is 2. The maximum Gasteiger partial charge on any atom is 0.315 e. The average molecular weight is 351 g/mol. The number of nitrogens with zero attached hydrogens (tertiary/aromatic N) is 3. The highest BCUT2D eigenvalue weighted by molar-refractivity contribution is 5.77. The zero-order valence-electron chi connectivity index (χ0n) is 15.5. The Hall–Kier alpha value is -2.89. The maximum absolute atomic E-state index is 11.9. The van der Waals surface area contributed by atoms with E-state index in [-0.39, 0.29) is 12.1 Å². The third-order valence-corrected chi connectivity index (χ3v) is 4.42. The molecular formula is C20H25N5O. The lowest BCUT2D eigenvalue weighted by Gasteiger charge is -2.13. The van der Waals surface area contributed by atoms with E-state index in [1.165, 1.54) is 5.56 Å². The minimum absolute atomic E-state index is 0.145. The Morgan fingerprint density at radius 3 is 2.73 bits per heavy atom. The lowest BCUT2D eigenvalue weighted by atomic mass is 10.1. The molecule has 0 bridgehead atoms. The minimum Gasteiger partial charge on any atom is -0.336 e.